The van der Waals surface area contributed by atoms with E-state index in [1.54, 1.807) is 30.3 Å². The lowest BCUT2D eigenvalue weighted by Crippen LogP contribution is -2.14. The summed E-state index contributed by atoms with van der Waals surface area (Å²) in [5, 5.41) is 6.51. The minimum absolute atomic E-state index is 0.204. The van der Waals surface area contributed by atoms with Gasteiger partial charge in [-0.15, -0.1) is 0 Å². The molecule has 0 unspecified atom stereocenters. The van der Waals surface area contributed by atoms with Gasteiger partial charge in [0.25, 0.3) is 11.8 Å². The van der Waals surface area contributed by atoms with Crippen LogP contribution in [0, 0.1) is 13.8 Å². The molecule has 0 aliphatic rings. The van der Waals surface area contributed by atoms with Gasteiger partial charge < -0.3 is 19.8 Å². The van der Waals surface area contributed by atoms with Gasteiger partial charge in [0.05, 0.1) is 12.8 Å². The summed E-state index contributed by atoms with van der Waals surface area (Å²) in [6.07, 6.45) is 0. The average molecular weight is 414 g/mol. The summed E-state index contributed by atoms with van der Waals surface area (Å²) in [7, 11) is 1.50. The van der Waals surface area contributed by atoms with Crippen LogP contribution in [-0.2, 0) is 0 Å². The summed E-state index contributed by atoms with van der Waals surface area (Å²) in [5.41, 5.74) is 4.29. The summed E-state index contributed by atoms with van der Waals surface area (Å²) in [6, 6.07) is 19.8. The molecule has 31 heavy (non-hydrogen) atoms. The zero-order valence-electron chi connectivity index (χ0n) is 17.5. The maximum Gasteiger partial charge on any atom is 0.291 e. The van der Waals surface area contributed by atoms with Gasteiger partial charge >= 0.3 is 0 Å². The molecule has 0 aliphatic carbocycles. The smallest absolute Gasteiger partial charge is 0.291 e. The van der Waals surface area contributed by atoms with Crippen molar-refractivity contribution in [3.63, 3.8) is 0 Å². The Morgan fingerprint density at radius 1 is 0.839 bits per heavy atom. The second-order valence-electron chi connectivity index (χ2n) is 7.35. The van der Waals surface area contributed by atoms with Crippen LogP contribution in [0.5, 0.6) is 5.75 Å². The second-order valence-corrected chi connectivity index (χ2v) is 7.35. The minimum Gasteiger partial charge on any atom is -0.494 e. The lowest BCUT2D eigenvalue weighted by atomic mass is 10.1. The zero-order valence-corrected chi connectivity index (χ0v) is 17.5. The summed E-state index contributed by atoms with van der Waals surface area (Å²) < 4.78 is 11.0. The van der Waals surface area contributed by atoms with Crippen LogP contribution in [0.2, 0.25) is 0 Å². The lowest BCUT2D eigenvalue weighted by Gasteiger charge is -2.12. The van der Waals surface area contributed by atoms with Gasteiger partial charge in [-0.2, -0.15) is 0 Å². The fraction of sp³-hybridized carbons (Fsp3) is 0.120. The zero-order chi connectivity index (χ0) is 22.0. The van der Waals surface area contributed by atoms with E-state index in [1.165, 1.54) is 7.11 Å². The Hall–Kier alpha value is -4.06. The third-order valence-corrected chi connectivity index (χ3v) is 4.84. The number of methoxy groups -OCH3 is 1. The van der Waals surface area contributed by atoms with Gasteiger partial charge in [-0.25, -0.2) is 0 Å². The first-order chi connectivity index (χ1) is 14.9. The Kier molecular flexibility index (Phi) is 5.45. The number of fused-ring (bicyclic) bond motifs is 1. The van der Waals surface area contributed by atoms with Crippen LogP contribution in [-0.4, -0.2) is 18.9 Å². The Morgan fingerprint density at radius 3 is 2.29 bits per heavy atom. The van der Waals surface area contributed by atoms with Gasteiger partial charge in [-0.05, 0) is 50.2 Å². The molecule has 156 valence electrons. The maximum atomic E-state index is 12.6. The number of furan rings is 1. The molecule has 1 heterocycles. The number of carbonyl (C=O) groups is 2. The first kappa shape index (κ1) is 20.2. The number of para-hydroxylation sites is 1. The van der Waals surface area contributed by atoms with Crippen molar-refractivity contribution >= 4 is 34.2 Å². The van der Waals surface area contributed by atoms with Gasteiger partial charge in [0.15, 0.2) is 5.76 Å². The van der Waals surface area contributed by atoms with Crippen LogP contribution >= 0.6 is 0 Å². The summed E-state index contributed by atoms with van der Waals surface area (Å²) in [4.78, 5) is 25.3. The van der Waals surface area contributed by atoms with E-state index in [2.05, 4.69) is 10.6 Å². The van der Waals surface area contributed by atoms with E-state index in [4.69, 9.17) is 9.15 Å². The fourth-order valence-electron chi connectivity index (χ4n) is 3.46. The number of benzene rings is 3. The van der Waals surface area contributed by atoms with E-state index in [9.17, 15) is 9.59 Å². The van der Waals surface area contributed by atoms with Crippen molar-refractivity contribution in [1.29, 1.82) is 0 Å². The van der Waals surface area contributed by atoms with Crippen molar-refractivity contribution in [2.24, 2.45) is 0 Å². The molecule has 1 aromatic heterocycles. The van der Waals surface area contributed by atoms with E-state index < -0.39 is 0 Å². The average Bonchev–Trinajstić information content (AvgIpc) is 3.18. The van der Waals surface area contributed by atoms with E-state index in [1.807, 2.05) is 50.2 Å². The minimum atomic E-state index is -0.387. The van der Waals surface area contributed by atoms with Crippen LogP contribution in [0.15, 0.2) is 71.1 Å². The Morgan fingerprint density at radius 2 is 1.58 bits per heavy atom. The molecular weight excluding hydrogens is 392 g/mol. The molecule has 0 saturated carbocycles. The number of carbonyl (C=O) groups excluding carboxylic acids is 2. The fourth-order valence-corrected chi connectivity index (χ4v) is 3.46. The van der Waals surface area contributed by atoms with Crippen molar-refractivity contribution in [2.45, 2.75) is 13.8 Å². The Labute approximate surface area is 179 Å². The third-order valence-electron chi connectivity index (χ3n) is 4.84. The van der Waals surface area contributed by atoms with Crippen molar-refractivity contribution in [3.05, 3.63) is 89.2 Å². The number of amides is 2. The molecule has 0 fully saturated rings. The van der Waals surface area contributed by atoms with Crippen molar-refractivity contribution < 1.29 is 18.7 Å². The molecule has 2 amide bonds. The van der Waals surface area contributed by atoms with Crippen LogP contribution in [0.25, 0.3) is 11.0 Å². The molecule has 0 atom stereocenters. The standard InChI is InChI=1S/C25H22N2O4/c1-15-10-16(2)12-18(11-15)24(28)26-19-8-9-20(22(14-19)30-3)27-25(29)23-13-17-6-4-5-7-21(17)31-23/h4-14H,1-3H3,(H,26,28)(H,27,29). The van der Waals surface area contributed by atoms with Crippen LogP contribution < -0.4 is 15.4 Å². The predicted molar refractivity (Wildman–Crippen MR) is 121 cm³/mol. The largest absolute Gasteiger partial charge is 0.494 e. The first-order valence-corrected chi connectivity index (χ1v) is 9.80. The number of ether oxygens (including phenoxy) is 1. The number of nitrogens with one attached hydrogen (secondary N) is 2. The van der Waals surface area contributed by atoms with Gasteiger partial charge in [0.1, 0.15) is 11.3 Å². The van der Waals surface area contributed by atoms with Gasteiger partial charge in [0, 0.05) is 22.7 Å². The Bertz CT molecular complexity index is 1240. The molecule has 3 aromatic carbocycles. The molecule has 0 bridgehead atoms. The van der Waals surface area contributed by atoms with Crippen LogP contribution in [0.4, 0.5) is 11.4 Å². The topological polar surface area (TPSA) is 80.6 Å². The molecule has 2 N–H and O–H groups in total. The molecule has 0 saturated heterocycles. The van der Waals surface area contributed by atoms with Crippen molar-refractivity contribution in [2.75, 3.05) is 17.7 Å². The van der Waals surface area contributed by atoms with Crippen molar-refractivity contribution in [1.82, 2.24) is 0 Å². The molecular formula is C25H22N2O4. The molecule has 0 radical (unpaired) electrons. The number of aryl methyl sites for hydroxylation is 2. The third kappa shape index (κ3) is 4.43. The van der Waals surface area contributed by atoms with Crippen molar-refractivity contribution in [3.8, 4) is 5.75 Å². The molecule has 4 aromatic rings. The van der Waals surface area contributed by atoms with Crippen LogP contribution in [0.1, 0.15) is 32.0 Å². The summed E-state index contributed by atoms with van der Waals surface area (Å²) in [6.45, 7) is 3.90. The Balaban J connectivity index is 1.52. The van der Waals surface area contributed by atoms with Gasteiger partial charge in [-0.1, -0.05) is 35.4 Å². The monoisotopic (exact) mass is 414 g/mol. The molecule has 4 rings (SSSR count). The number of anilines is 2. The van der Waals surface area contributed by atoms with Crippen LogP contribution in [0.3, 0.4) is 0 Å². The normalized spacial score (nSPS) is 10.7. The number of hydrogen-bond donors (Lipinski definition) is 2. The summed E-state index contributed by atoms with van der Waals surface area (Å²) in [5.74, 6) is 0.0209. The highest BCUT2D eigenvalue weighted by Crippen LogP contribution is 2.29. The molecule has 0 aliphatic heterocycles. The second kappa shape index (κ2) is 8.36. The predicted octanol–water partition coefficient (Wildman–Crippen LogP) is 5.56. The molecule has 6 nitrogen and oxygen atoms in total. The van der Waals surface area contributed by atoms with Gasteiger partial charge in [-0.3, -0.25) is 9.59 Å². The lowest BCUT2D eigenvalue weighted by molar-refractivity contribution is 0.0996. The highest BCUT2D eigenvalue weighted by molar-refractivity contribution is 6.06. The first-order valence-electron chi connectivity index (χ1n) is 9.80. The maximum absolute atomic E-state index is 12.6. The highest BCUT2D eigenvalue weighted by atomic mass is 16.5. The number of rotatable bonds is 5. The number of hydrogen-bond acceptors (Lipinski definition) is 4. The molecule has 0 spiro atoms. The quantitative estimate of drug-likeness (QED) is 0.448. The highest BCUT2D eigenvalue weighted by Gasteiger charge is 2.16. The SMILES string of the molecule is COc1cc(NC(=O)c2cc(C)cc(C)c2)ccc1NC(=O)c1cc2ccccc2o1. The summed E-state index contributed by atoms with van der Waals surface area (Å²) >= 11 is 0. The van der Waals surface area contributed by atoms with E-state index in [0.717, 1.165) is 16.5 Å². The van der Waals surface area contributed by atoms with Gasteiger partial charge in [0.2, 0.25) is 0 Å². The van der Waals surface area contributed by atoms with E-state index >= 15 is 0 Å². The molecule has 6 heteroatoms. The van der Waals surface area contributed by atoms with E-state index in [-0.39, 0.29) is 17.6 Å². The van der Waals surface area contributed by atoms with E-state index in [0.29, 0.717) is 28.3 Å².